The summed E-state index contributed by atoms with van der Waals surface area (Å²) in [6.45, 7) is 2.03. The van der Waals surface area contributed by atoms with Gasteiger partial charge in [0.05, 0.1) is 11.5 Å². The molecule has 0 spiro atoms. The van der Waals surface area contributed by atoms with Crippen molar-refractivity contribution >= 4 is 11.7 Å². The lowest BCUT2D eigenvalue weighted by atomic mass is 10.2. The molecule has 0 amide bonds. The Morgan fingerprint density at radius 2 is 1.86 bits per heavy atom. The van der Waals surface area contributed by atoms with Crippen molar-refractivity contribution in [2.45, 2.75) is 25.9 Å². The Bertz CT molecular complexity index is 956. The zero-order valence-corrected chi connectivity index (χ0v) is 15.7. The lowest BCUT2D eigenvalue weighted by Gasteiger charge is -2.09. The second-order valence-electron chi connectivity index (χ2n) is 6.15. The number of carbonyl (C=O) groups excluding carboxylic acids is 1. The predicted octanol–water partition coefficient (Wildman–Crippen LogP) is 4.11. The highest BCUT2D eigenvalue weighted by Gasteiger charge is 2.19. The molecule has 1 aromatic heterocycles. The normalized spacial score (nSPS) is 11.6. The van der Waals surface area contributed by atoms with Gasteiger partial charge in [-0.15, -0.1) is 10.2 Å². The van der Waals surface area contributed by atoms with Gasteiger partial charge in [0, 0.05) is 24.1 Å². The quantitative estimate of drug-likeness (QED) is 0.229. The Kier molecular flexibility index (Phi) is 6.51. The van der Waals surface area contributed by atoms with Crippen molar-refractivity contribution in [3.05, 3.63) is 70.6 Å². The Morgan fingerprint density at radius 1 is 1.14 bits per heavy atom. The molecule has 0 saturated heterocycles. The number of hydrogen-bond acceptors (Lipinski definition) is 8. The van der Waals surface area contributed by atoms with Crippen molar-refractivity contribution in [2.24, 2.45) is 0 Å². The van der Waals surface area contributed by atoms with Crippen molar-refractivity contribution in [1.82, 2.24) is 10.2 Å². The molecular weight excluding hydrogens is 378 g/mol. The molecular formula is C20H19N3O6. The first-order valence-electron chi connectivity index (χ1n) is 8.98. The fourth-order valence-electron chi connectivity index (χ4n) is 2.47. The van der Waals surface area contributed by atoms with Gasteiger partial charge < -0.3 is 13.9 Å². The molecule has 0 bridgehead atoms. The molecule has 150 valence electrons. The molecule has 2 aromatic carbocycles. The smallest absolute Gasteiger partial charge is 0.306 e. The Labute approximate surface area is 166 Å². The number of nitrogens with zero attached hydrogens (tertiary/aromatic N) is 3. The molecule has 3 rings (SSSR count). The molecule has 0 aliphatic carbocycles. The number of esters is 1. The van der Waals surface area contributed by atoms with Crippen LogP contribution in [0.5, 0.6) is 5.75 Å². The average Bonchev–Trinajstić information content (AvgIpc) is 3.22. The van der Waals surface area contributed by atoms with E-state index in [1.165, 1.54) is 24.3 Å². The number of ether oxygens (including phenoxy) is 2. The Balaban J connectivity index is 1.47. The van der Waals surface area contributed by atoms with E-state index in [4.69, 9.17) is 13.9 Å². The van der Waals surface area contributed by atoms with Gasteiger partial charge in [0.15, 0.2) is 6.10 Å². The summed E-state index contributed by atoms with van der Waals surface area (Å²) in [4.78, 5) is 22.2. The second kappa shape index (κ2) is 9.45. The standard InChI is InChI=1S/C20H19N3O6/c1-14(28-18(24)8-5-13-27-17-6-3-2-4-7-17)19-21-22-20(29-19)15-9-11-16(12-10-15)23(25)26/h2-4,6-7,9-12,14H,5,8,13H2,1H3. The highest BCUT2D eigenvalue weighted by atomic mass is 16.6. The van der Waals surface area contributed by atoms with E-state index in [1.54, 1.807) is 6.92 Å². The molecule has 9 heteroatoms. The summed E-state index contributed by atoms with van der Waals surface area (Å²) in [5.41, 5.74) is 0.498. The van der Waals surface area contributed by atoms with Crippen LogP contribution in [0.25, 0.3) is 11.5 Å². The van der Waals surface area contributed by atoms with E-state index in [9.17, 15) is 14.9 Å². The SMILES string of the molecule is CC(OC(=O)CCCOc1ccccc1)c1nnc(-c2ccc([N+](=O)[O-])cc2)o1. The molecule has 0 aliphatic rings. The van der Waals surface area contributed by atoms with E-state index in [2.05, 4.69) is 10.2 Å². The minimum Gasteiger partial charge on any atom is -0.494 e. The third-order valence-corrected chi connectivity index (χ3v) is 3.96. The van der Waals surface area contributed by atoms with E-state index in [1.807, 2.05) is 30.3 Å². The summed E-state index contributed by atoms with van der Waals surface area (Å²) >= 11 is 0. The van der Waals surface area contributed by atoms with Crippen LogP contribution < -0.4 is 4.74 Å². The van der Waals surface area contributed by atoms with Crippen molar-refractivity contribution in [1.29, 1.82) is 0 Å². The van der Waals surface area contributed by atoms with Gasteiger partial charge in [-0.2, -0.15) is 0 Å². The lowest BCUT2D eigenvalue weighted by Crippen LogP contribution is -2.10. The maximum atomic E-state index is 12.0. The molecule has 3 aromatic rings. The average molecular weight is 397 g/mol. The third-order valence-electron chi connectivity index (χ3n) is 3.96. The maximum Gasteiger partial charge on any atom is 0.306 e. The van der Waals surface area contributed by atoms with Gasteiger partial charge >= 0.3 is 5.97 Å². The molecule has 1 atom stereocenters. The van der Waals surface area contributed by atoms with Gasteiger partial charge in [-0.3, -0.25) is 14.9 Å². The van der Waals surface area contributed by atoms with Gasteiger partial charge in [0.2, 0.25) is 5.89 Å². The Hall–Kier alpha value is -3.75. The molecule has 1 heterocycles. The zero-order chi connectivity index (χ0) is 20.6. The minimum atomic E-state index is -0.711. The molecule has 29 heavy (non-hydrogen) atoms. The summed E-state index contributed by atoms with van der Waals surface area (Å²) in [6.07, 6.45) is -0.00407. The number of benzene rings is 2. The van der Waals surface area contributed by atoms with E-state index in [0.717, 1.165) is 5.75 Å². The van der Waals surface area contributed by atoms with Crippen LogP contribution in [0.2, 0.25) is 0 Å². The number of para-hydroxylation sites is 1. The fourth-order valence-corrected chi connectivity index (χ4v) is 2.47. The summed E-state index contributed by atoms with van der Waals surface area (Å²) in [5.74, 6) is 0.685. The number of nitro benzene ring substituents is 1. The number of nitro groups is 1. The monoisotopic (exact) mass is 397 g/mol. The number of aromatic nitrogens is 2. The van der Waals surface area contributed by atoms with Crippen molar-refractivity contribution < 1.29 is 23.6 Å². The van der Waals surface area contributed by atoms with Gasteiger partial charge in [0.25, 0.3) is 11.6 Å². The number of rotatable bonds is 9. The first-order valence-corrected chi connectivity index (χ1v) is 8.98. The van der Waals surface area contributed by atoms with Crippen LogP contribution in [0, 0.1) is 10.1 Å². The van der Waals surface area contributed by atoms with Crippen LogP contribution >= 0.6 is 0 Å². The van der Waals surface area contributed by atoms with Crippen molar-refractivity contribution in [3.8, 4) is 17.2 Å². The highest BCUT2D eigenvalue weighted by molar-refractivity contribution is 5.69. The fraction of sp³-hybridized carbons (Fsp3) is 0.250. The summed E-state index contributed by atoms with van der Waals surface area (Å²) < 4.78 is 16.4. The van der Waals surface area contributed by atoms with Crippen LogP contribution in [0.1, 0.15) is 31.8 Å². The number of hydrogen-bond donors (Lipinski definition) is 0. The van der Waals surface area contributed by atoms with Crippen LogP contribution in [-0.4, -0.2) is 27.7 Å². The summed E-state index contributed by atoms with van der Waals surface area (Å²) in [7, 11) is 0. The highest BCUT2D eigenvalue weighted by Crippen LogP contribution is 2.24. The predicted molar refractivity (Wildman–Crippen MR) is 102 cm³/mol. The number of carbonyl (C=O) groups is 1. The molecule has 9 nitrogen and oxygen atoms in total. The second-order valence-corrected chi connectivity index (χ2v) is 6.15. The first-order chi connectivity index (χ1) is 14.0. The largest absolute Gasteiger partial charge is 0.494 e. The summed E-state index contributed by atoms with van der Waals surface area (Å²) in [5, 5.41) is 18.5. The van der Waals surface area contributed by atoms with Crippen LogP contribution in [0.3, 0.4) is 0 Å². The van der Waals surface area contributed by atoms with Crippen LogP contribution in [0.4, 0.5) is 5.69 Å². The van der Waals surface area contributed by atoms with Crippen molar-refractivity contribution in [3.63, 3.8) is 0 Å². The van der Waals surface area contributed by atoms with Gasteiger partial charge in [-0.25, -0.2) is 0 Å². The third kappa shape index (κ3) is 5.61. The van der Waals surface area contributed by atoms with Crippen LogP contribution in [-0.2, 0) is 9.53 Å². The van der Waals surface area contributed by atoms with Gasteiger partial charge in [0.1, 0.15) is 5.75 Å². The van der Waals surface area contributed by atoms with E-state index >= 15 is 0 Å². The molecule has 0 saturated carbocycles. The summed E-state index contributed by atoms with van der Waals surface area (Å²) in [6, 6.07) is 15.1. The van der Waals surface area contributed by atoms with Gasteiger partial charge in [-0.05, 0) is 37.6 Å². The minimum absolute atomic E-state index is 0.0352. The van der Waals surface area contributed by atoms with Crippen LogP contribution in [0.15, 0.2) is 59.0 Å². The molecule has 1 unspecified atom stereocenters. The molecule has 0 fully saturated rings. The first kappa shape index (κ1) is 20.0. The number of non-ortho nitro benzene ring substituents is 1. The Morgan fingerprint density at radius 3 is 2.55 bits per heavy atom. The maximum absolute atomic E-state index is 12.0. The topological polar surface area (TPSA) is 118 Å². The molecule has 0 N–H and O–H groups in total. The van der Waals surface area contributed by atoms with E-state index in [0.29, 0.717) is 18.6 Å². The van der Waals surface area contributed by atoms with E-state index < -0.39 is 17.0 Å². The zero-order valence-electron chi connectivity index (χ0n) is 15.7. The molecule has 0 aliphatic heterocycles. The molecule has 0 radical (unpaired) electrons. The van der Waals surface area contributed by atoms with E-state index in [-0.39, 0.29) is 23.9 Å². The van der Waals surface area contributed by atoms with Gasteiger partial charge in [-0.1, -0.05) is 18.2 Å². The lowest BCUT2D eigenvalue weighted by molar-refractivity contribution is -0.384. The van der Waals surface area contributed by atoms with Crippen molar-refractivity contribution in [2.75, 3.05) is 6.61 Å².